The van der Waals surface area contributed by atoms with E-state index in [-0.39, 0.29) is 12.1 Å². The molecule has 170 valence electrons. The third kappa shape index (κ3) is 11.5. The van der Waals surface area contributed by atoms with Gasteiger partial charge in [-0.3, -0.25) is 0 Å². The number of hydrogen-bond acceptors (Lipinski definition) is 3. The molecule has 0 bridgehead atoms. The lowest BCUT2D eigenvalue weighted by Gasteiger charge is -2.15. The van der Waals surface area contributed by atoms with E-state index in [0.29, 0.717) is 25.6 Å². The van der Waals surface area contributed by atoms with E-state index in [9.17, 15) is 9.59 Å². The number of anilines is 1. The summed E-state index contributed by atoms with van der Waals surface area (Å²) in [4.78, 5) is 25.8. The number of nitrogens with zero attached hydrogens (tertiary/aromatic N) is 1. The number of nitrogens with one attached hydrogen (secondary N) is 4. The normalized spacial score (nSPS) is 11.5. The lowest BCUT2D eigenvalue weighted by molar-refractivity contribution is 0.236. The molecule has 1 atom stereocenters. The molecule has 0 radical (unpaired) electrons. The Labute approximate surface area is 182 Å². The van der Waals surface area contributed by atoms with Crippen LogP contribution in [0.3, 0.4) is 0 Å². The molecule has 0 saturated carbocycles. The van der Waals surface area contributed by atoms with Crippen molar-refractivity contribution in [2.45, 2.75) is 58.9 Å². The van der Waals surface area contributed by atoms with E-state index < -0.39 is 0 Å². The molecule has 7 nitrogen and oxygen atoms in total. The first kappa shape index (κ1) is 25.6. The van der Waals surface area contributed by atoms with Crippen LogP contribution in [-0.4, -0.2) is 45.8 Å². The molecule has 0 fully saturated rings. The molecule has 30 heavy (non-hydrogen) atoms. The van der Waals surface area contributed by atoms with Crippen LogP contribution in [0.2, 0.25) is 0 Å². The summed E-state index contributed by atoms with van der Waals surface area (Å²) in [5, 5.41) is 11.6. The van der Waals surface area contributed by atoms with Gasteiger partial charge in [-0.15, -0.1) is 0 Å². The Balaban J connectivity index is 2.05. The number of carbonyl (C=O) groups excluding carboxylic acids is 2. The van der Waals surface area contributed by atoms with Crippen molar-refractivity contribution in [2.24, 2.45) is 5.92 Å². The highest BCUT2D eigenvalue weighted by molar-refractivity contribution is 5.74. The van der Waals surface area contributed by atoms with Crippen molar-refractivity contribution in [3.63, 3.8) is 0 Å². The van der Waals surface area contributed by atoms with Crippen molar-refractivity contribution in [1.29, 1.82) is 0 Å². The van der Waals surface area contributed by atoms with Crippen LogP contribution in [0.25, 0.3) is 0 Å². The first-order valence-corrected chi connectivity index (χ1v) is 11.3. The molecule has 4 amide bonds. The number of urea groups is 2. The highest BCUT2D eigenvalue weighted by Gasteiger charge is 2.07. The fourth-order valence-corrected chi connectivity index (χ4v) is 3.05. The molecular formula is C23H41N5O2. The van der Waals surface area contributed by atoms with Crippen LogP contribution in [0.4, 0.5) is 15.3 Å². The number of carbonyl (C=O) groups is 2. The second-order valence-electron chi connectivity index (χ2n) is 7.93. The molecule has 1 rings (SSSR count). The van der Waals surface area contributed by atoms with Crippen molar-refractivity contribution >= 4 is 17.7 Å². The van der Waals surface area contributed by atoms with Gasteiger partial charge >= 0.3 is 12.1 Å². The standard InChI is InChI=1S/C23H41N5O2/c1-5-7-10-19(6-2)17-26-22(29)24-15-8-9-16-25-23(30)27-18-20-11-13-21(14-12-20)28(3)4/h11-14,19H,5-10,15-18H2,1-4H3,(H2,24,26,29)(H2,25,27,30). The van der Waals surface area contributed by atoms with Gasteiger partial charge in [0.25, 0.3) is 0 Å². The summed E-state index contributed by atoms with van der Waals surface area (Å²) in [6.45, 7) is 6.79. The van der Waals surface area contributed by atoms with E-state index >= 15 is 0 Å². The lowest BCUT2D eigenvalue weighted by atomic mass is 9.99. The molecule has 0 aromatic heterocycles. The van der Waals surface area contributed by atoms with Crippen molar-refractivity contribution in [1.82, 2.24) is 21.3 Å². The first-order valence-electron chi connectivity index (χ1n) is 11.3. The minimum atomic E-state index is -0.171. The Hall–Kier alpha value is -2.44. The van der Waals surface area contributed by atoms with Gasteiger partial charge in [-0.1, -0.05) is 45.2 Å². The van der Waals surface area contributed by atoms with Gasteiger partial charge in [0, 0.05) is 46.0 Å². The van der Waals surface area contributed by atoms with Crippen LogP contribution < -0.4 is 26.2 Å². The first-order chi connectivity index (χ1) is 14.5. The van der Waals surface area contributed by atoms with Crippen molar-refractivity contribution < 1.29 is 9.59 Å². The molecule has 1 aromatic carbocycles. The summed E-state index contributed by atoms with van der Waals surface area (Å²) in [6, 6.07) is 7.82. The highest BCUT2D eigenvalue weighted by atomic mass is 16.2. The molecule has 0 spiro atoms. The van der Waals surface area contributed by atoms with Crippen molar-refractivity contribution in [2.75, 3.05) is 38.6 Å². The Morgan fingerprint density at radius 3 is 2.00 bits per heavy atom. The fourth-order valence-electron chi connectivity index (χ4n) is 3.05. The third-order valence-electron chi connectivity index (χ3n) is 5.18. The van der Waals surface area contributed by atoms with Gasteiger partial charge in [0.05, 0.1) is 0 Å². The zero-order valence-corrected chi connectivity index (χ0v) is 19.2. The summed E-state index contributed by atoms with van der Waals surface area (Å²) in [5.41, 5.74) is 2.19. The molecule has 0 heterocycles. The van der Waals surface area contributed by atoms with Gasteiger partial charge in [-0.05, 0) is 42.9 Å². The number of amides is 4. The molecule has 4 N–H and O–H groups in total. The monoisotopic (exact) mass is 419 g/mol. The van der Waals surface area contributed by atoms with Crippen LogP contribution in [0, 0.1) is 5.92 Å². The molecule has 0 saturated heterocycles. The van der Waals surface area contributed by atoms with Crippen LogP contribution >= 0.6 is 0 Å². The minimum absolute atomic E-state index is 0.101. The lowest BCUT2D eigenvalue weighted by Crippen LogP contribution is -2.39. The quantitative estimate of drug-likeness (QED) is 0.346. The average Bonchev–Trinajstić information content (AvgIpc) is 2.75. The molecule has 0 aliphatic carbocycles. The minimum Gasteiger partial charge on any atom is -0.378 e. The maximum Gasteiger partial charge on any atom is 0.315 e. The van der Waals surface area contributed by atoms with E-state index in [1.165, 1.54) is 19.3 Å². The Morgan fingerprint density at radius 2 is 1.47 bits per heavy atom. The Bertz CT molecular complexity index is 604. The third-order valence-corrected chi connectivity index (χ3v) is 5.18. The van der Waals surface area contributed by atoms with E-state index in [2.05, 4.69) is 35.1 Å². The van der Waals surface area contributed by atoms with Crippen LogP contribution in [0.15, 0.2) is 24.3 Å². The average molecular weight is 420 g/mol. The number of unbranched alkanes of at least 4 members (excludes halogenated alkanes) is 2. The Kier molecular flexibility index (Phi) is 13.1. The summed E-state index contributed by atoms with van der Waals surface area (Å²) < 4.78 is 0. The van der Waals surface area contributed by atoms with Crippen molar-refractivity contribution in [3.8, 4) is 0 Å². The van der Waals surface area contributed by atoms with Gasteiger partial charge in [-0.2, -0.15) is 0 Å². The molecular weight excluding hydrogens is 378 g/mol. The Morgan fingerprint density at radius 1 is 0.867 bits per heavy atom. The SMILES string of the molecule is CCCCC(CC)CNC(=O)NCCCCNC(=O)NCc1ccc(N(C)C)cc1. The number of benzene rings is 1. The summed E-state index contributed by atoms with van der Waals surface area (Å²) in [5.74, 6) is 0.560. The van der Waals surface area contributed by atoms with E-state index in [4.69, 9.17) is 0 Å². The smallest absolute Gasteiger partial charge is 0.315 e. The highest BCUT2D eigenvalue weighted by Crippen LogP contribution is 2.12. The predicted molar refractivity (Wildman–Crippen MR) is 125 cm³/mol. The summed E-state index contributed by atoms with van der Waals surface area (Å²) >= 11 is 0. The molecule has 0 aliphatic rings. The van der Waals surface area contributed by atoms with Gasteiger partial charge in [0.1, 0.15) is 0 Å². The predicted octanol–water partition coefficient (Wildman–Crippen LogP) is 3.85. The number of hydrogen-bond donors (Lipinski definition) is 4. The molecule has 0 aliphatic heterocycles. The topological polar surface area (TPSA) is 85.5 Å². The van der Waals surface area contributed by atoms with Gasteiger partial charge in [0.15, 0.2) is 0 Å². The van der Waals surface area contributed by atoms with E-state index in [0.717, 1.165) is 37.1 Å². The zero-order valence-electron chi connectivity index (χ0n) is 19.2. The van der Waals surface area contributed by atoms with E-state index in [1.54, 1.807) is 0 Å². The molecule has 7 heteroatoms. The summed E-state index contributed by atoms with van der Waals surface area (Å²) in [6.07, 6.45) is 6.31. The van der Waals surface area contributed by atoms with Crippen LogP contribution in [0.5, 0.6) is 0 Å². The fraction of sp³-hybridized carbons (Fsp3) is 0.652. The maximum atomic E-state index is 11.9. The van der Waals surface area contributed by atoms with Crippen molar-refractivity contribution in [3.05, 3.63) is 29.8 Å². The van der Waals surface area contributed by atoms with Gasteiger partial charge < -0.3 is 26.2 Å². The number of rotatable bonds is 14. The largest absolute Gasteiger partial charge is 0.378 e. The maximum absolute atomic E-state index is 11.9. The zero-order chi connectivity index (χ0) is 22.2. The van der Waals surface area contributed by atoms with Gasteiger partial charge in [-0.25, -0.2) is 9.59 Å². The van der Waals surface area contributed by atoms with E-state index in [1.807, 2.05) is 43.3 Å². The molecule has 1 aromatic rings. The second-order valence-corrected chi connectivity index (χ2v) is 7.93. The van der Waals surface area contributed by atoms with Gasteiger partial charge in [0.2, 0.25) is 0 Å². The van der Waals surface area contributed by atoms with Crippen LogP contribution in [0.1, 0.15) is 57.9 Å². The summed E-state index contributed by atoms with van der Waals surface area (Å²) in [7, 11) is 4.00. The second kappa shape index (κ2) is 15.4. The van der Waals surface area contributed by atoms with Crippen LogP contribution in [-0.2, 0) is 6.54 Å². The molecule has 1 unspecified atom stereocenters.